The molecule has 0 radical (unpaired) electrons. The Morgan fingerprint density at radius 2 is 2.10 bits per heavy atom. The molecular weight excluding hydrogens is 248 g/mol. The predicted octanol–water partition coefficient (Wildman–Crippen LogP) is 3.50. The van der Waals surface area contributed by atoms with E-state index in [-0.39, 0.29) is 10.8 Å². The Morgan fingerprint density at radius 3 is 2.80 bits per heavy atom. The first-order valence-corrected chi connectivity index (χ1v) is 7.99. The van der Waals surface area contributed by atoms with Gasteiger partial charge in [-0.25, -0.2) is 0 Å². The van der Waals surface area contributed by atoms with Crippen LogP contribution in [0, 0.1) is 11.3 Å². The topological polar surface area (TPSA) is 34.9 Å². The van der Waals surface area contributed by atoms with Gasteiger partial charge in [0.1, 0.15) is 5.78 Å². The van der Waals surface area contributed by atoms with Crippen LogP contribution >= 0.6 is 0 Å². The van der Waals surface area contributed by atoms with Crippen molar-refractivity contribution < 1.29 is 4.79 Å². The van der Waals surface area contributed by atoms with Crippen molar-refractivity contribution in [2.75, 3.05) is 0 Å². The summed E-state index contributed by atoms with van der Waals surface area (Å²) in [5, 5.41) is 4.89. The highest BCUT2D eigenvalue weighted by molar-refractivity contribution is 5.86. The number of carbonyl (C=O) groups is 1. The van der Waals surface area contributed by atoms with E-state index in [0.29, 0.717) is 18.1 Å². The summed E-state index contributed by atoms with van der Waals surface area (Å²) in [4.78, 5) is 12.3. The van der Waals surface area contributed by atoms with E-state index in [1.807, 2.05) is 0 Å². The zero-order valence-electron chi connectivity index (χ0n) is 13.2. The molecule has 20 heavy (non-hydrogen) atoms. The van der Waals surface area contributed by atoms with Crippen LogP contribution in [0.2, 0.25) is 0 Å². The van der Waals surface area contributed by atoms with Crippen LogP contribution in [-0.4, -0.2) is 15.6 Å². The number of hydrogen-bond donors (Lipinski definition) is 0. The van der Waals surface area contributed by atoms with Crippen LogP contribution in [0.15, 0.2) is 6.20 Å². The maximum atomic E-state index is 12.3. The number of aromatic nitrogens is 2. The number of ketones is 1. The SMILES string of the molecule is CCCn1cc2c(n1)[C@@]1(C)CCC(=O)C(C)(C)[C@@H]1CC2. The second-order valence-corrected chi connectivity index (χ2v) is 7.42. The molecule has 1 fully saturated rings. The van der Waals surface area contributed by atoms with Gasteiger partial charge >= 0.3 is 0 Å². The lowest BCUT2D eigenvalue weighted by molar-refractivity contribution is -0.137. The number of fused-ring (bicyclic) bond motifs is 3. The van der Waals surface area contributed by atoms with E-state index in [2.05, 4.69) is 38.6 Å². The molecule has 0 aliphatic heterocycles. The summed E-state index contributed by atoms with van der Waals surface area (Å²) in [5.74, 6) is 0.880. The summed E-state index contributed by atoms with van der Waals surface area (Å²) < 4.78 is 2.11. The van der Waals surface area contributed by atoms with Gasteiger partial charge in [0.15, 0.2) is 0 Å². The average Bonchev–Trinajstić information content (AvgIpc) is 2.79. The first-order valence-electron chi connectivity index (χ1n) is 7.99. The largest absolute Gasteiger partial charge is 0.299 e. The predicted molar refractivity (Wildman–Crippen MR) is 79.7 cm³/mol. The molecule has 1 aromatic rings. The number of rotatable bonds is 2. The Balaban J connectivity index is 2.04. The van der Waals surface area contributed by atoms with Crippen molar-refractivity contribution in [3.63, 3.8) is 0 Å². The van der Waals surface area contributed by atoms with Gasteiger partial charge in [0, 0.05) is 30.0 Å². The Hall–Kier alpha value is -1.12. The zero-order chi connectivity index (χ0) is 14.5. The smallest absolute Gasteiger partial charge is 0.138 e. The fourth-order valence-corrected chi connectivity index (χ4v) is 4.59. The quantitative estimate of drug-likeness (QED) is 0.827. The molecule has 0 unspecified atom stereocenters. The summed E-state index contributed by atoms with van der Waals surface area (Å²) in [6.45, 7) is 9.81. The average molecular weight is 274 g/mol. The van der Waals surface area contributed by atoms with Gasteiger partial charge in [-0.2, -0.15) is 5.10 Å². The third kappa shape index (κ3) is 1.78. The minimum Gasteiger partial charge on any atom is -0.299 e. The van der Waals surface area contributed by atoms with E-state index in [1.54, 1.807) is 0 Å². The first-order chi connectivity index (χ1) is 9.39. The maximum Gasteiger partial charge on any atom is 0.138 e. The Labute approximate surface area is 121 Å². The number of aryl methyl sites for hydroxylation is 2. The van der Waals surface area contributed by atoms with E-state index in [0.717, 1.165) is 32.2 Å². The number of Topliss-reactive ketones (excluding diaryl/α,β-unsaturated/α-hetero) is 1. The van der Waals surface area contributed by atoms with Crippen molar-refractivity contribution in [2.45, 2.75) is 71.8 Å². The van der Waals surface area contributed by atoms with Gasteiger partial charge in [0.2, 0.25) is 0 Å². The molecule has 110 valence electrons. The van der Waals surface area contributed by atoms with Gasteiger partial charge in [-0.15, -0.1) is 0 Å². The van der Waals surface area contributed by atoms with Crippen LogP contribution < -0.4 is 0 Å². The normalized spacial score (nSPS) is 31.8. The van der Waals surface area contributed by atoms with Crippen LogP contribution in [-0.2, 0) is 23.2 Å². The maximum absolute atomic E-state index is 12.3. The van der Waals surface area contributed by atoms with Gasteiger partial charge < -0.3 is 0 Å². The minimum absolute atomic E-state index is 0.0873. The molecule has 1 aromatic heterocycles. The van der Waals surface area contributed by atoms with Gasteiger partial charge in [-0.3, -0.25) is 9.48 Å². The number of nitrogens with zero attached hydrogens (tertiary/aromatic N) is 2. The zero-order valence-corrected chi connectivity index (χ0v) is 13.2. The Morgan fingerprint density at radius 1 is 1.35 bits per heavy atom. The van der Waals surface area contributed by atoms with E-state index in [9.17, 15) is 4.79 Å². The fourth-order valence-electron chi connectivity index (χ4n) is 4.59. The fraction of sp³-hybridized carbons (Fsp3) is 0.765. The van der Waals surface area contributed by atoms with Crippen molar-refractivity contribution in [3.05, 3.63) is 17.5 Å². The molecule has 0 spiro atoms. The van der Waals surface area contributed by atoms with Crippen molar-refractivity contribution in [1.29, 1.82) is 0 Å². The van der Waals surface area contributed by atoms with Crippen molar-refractivity contribution in [3.8, 4) is 0 Å². The third-order valence-electron chi connectivity index (χ3n) is 5.76. The molecule has 2 aliphatic rings. The van der Waals surface area contributed by atoms with Crippen LogP contribution in [0.1, 0.15) is 64.6 Å². The molecule has 0 saturated heterocycles. The van der Waals surface area contributed by atoms with Crippen LogP contribution in [0.25, 0.3) is 0 Å². The first kappa shape index (κ1) is 13.8. The summed E-state index contributed by atoms with van der Waals surface area (Å²) in [6.07, 6.45) is 7.24. The van der Waals surface area contributed by atoms with E-state index in [4.69, 9.17) is 5.10 Å². The van der Waals surface area contributed by atoms with Crippen LogP contribution in [0.5, 0.6) is 0 Å². The van der Waals surface area contributed by atoms with Gasteiger partial charge in [0.25, 0.3) is 0 Å². The van der Waals surface area contributed by atoms with Crippen molar-refractivity contribution in [1.82, 2.24) is 9.78 Å². The summed E-state index contributed by atoms with van der Waals surface area (Å²) >= 11 is 0. The molecule has 1 heterocycles. The highest BCUT2D eigenvalue weighted by atomic mass is 16.1. The van der Waals surface area contributed by atoms with Gasteiger partial charge in [0.05, 0.1) is 5.69 Å². The molecule has 3 rings (SSSR count). The second kappa shape index (κ2) is 4.44. The summed E-state index contributed by atoms with van der Waals surface area (Å²) in [7, 11) is 0. The molecule has 0 N–H and O–H groups in total. The van der Waals surface area contributed by atoms with Gasteiger partial charge in [-0.05, 0) is 37.2 Å². The van der Waals surface area contributed by atoms with Gasteiger partial charge in [-0.1, -0.05) is 27.7 Å². The second-order valence-electron chi connectivity index (χ2n) is 7.42. The summed E-state index contributed by atoms with van der Waals surface area (Å²) in [6, 6.07) is 0. The van der Waals surface area contributed by atoms with E-state index >= 15 is 0 Å². The highest BCUT2D eigenvalue weighted by Crippen LogP contribution is 2.55. The lowest BCUT2D eigenvalue weighted by atomic mass is 9.51. The lowest BCUT2D eigenvalue weighted by Gasteiger charge is -2.51. The van der Waals surface area contributed by atoms with Crippen molar-refractivity contribution >= 4 is 5.78 Å². The molecular formula is C17H26N2O. The van der Waals surface area contributed by atoms with Crippen molar-refractivity contribution in [2.24, 2.45) is 11.3 Å². The molecule has 0 amide bonds. The van der Waals surface area contributed by atoms with E-state index < -0.39 is 0 Å². The molecule has 0 aromatic carbocycles. The van der Waals surface area contributed by atoms with Crippen LogP contribution in [0.3, 0.4) is 0 Å². The lowest BCUT2D eigenvalue weighted by Crippen LogP contribution is -2.52. The highest BCUT2D eigenvalue weighted by Gasteiger charge is 2.54. The molecule has 3 nitrogen and oxygen atoms in total. The molecule has 2 atom stereocenters. The minimum atomic E-state index is -0.195. The molecule has 1 saturated carbocycles. The Kier molecular flexibility index (Phi) is 3.07. The van der Waals surface area contributed by atoms with Crippen LogP contribution in [0.4, 0.5) is 0 Å². The Bertz CT molecular complexity index is 543. The third-order valence-corrected chi connectivity index (χ3v) is 5.76. The van der Waals surface area contributed by atoms with E-state index in [1.165, 1.54) is 11.3 Å². The molecule has 3 heteroatoms. The monoisotopic (exact) mass is 274 g/mol. The summed E-state index contributed by atoms with van der Waals surface area (Å²) in [5.41, 5.74) is 2.59. The molecule has 0 bridgehead atoms. The standard InChI is InChI=1S/C17H26N2O/c1-5-10-19-11-12-6-7-13-16(2,3)14(20)8-9-17(13,4)15(12)18-19/h11,13H,5-10H2,1-4H3/t13-,17-/m0/s1. The number of hydrogen-bond acceptors (Lipinski definition) is 2. The number of carbonyl (C=O) groups excluding carboxylic acids is 1. The molecule has 2 aliphatic carbocycles.